The van der Waals surface area contributed by atoms with Crippen LogP contribution in [0.5, 0.6) is 0 Å². The Hall–Kier alpha value is -2.40. The van der Waals surface area contributed by atoms with Crippen molar-refractivity contribution in [2.45, 2.75) is 19.1 Å². The molecule has 4 nitrogen and oxygen atoms in total. The zero-order valence-electron chi connectivity index (χ0n) is 14.1. The van der Waals surface area contributed by atoms with E-state index in [1.54, 1.807) is 6.92 Å². The SMILES string of the molecule is CC(CO)C(N)(O)Cc1cc2oc3ccccc3c2c2ccccc12. The molecular formula is C21H21NO3. The number of nitrogens with two attached hydrogens (primary N) is 1. The maximum Gasteiger partial charge on any atom is 0.136 e. The monoisotopic (exact) mass is 335 g/mol. The number of rotatable bonds is 4. The highest BCUT2D eigenvalue weighted by Gasteiger charge is 2.30. The molecule has 0 aliphatic heterocycles. The van der Waals surface area contributed by atoms with E-state index in [1.807, 2.05) is 42.5 Å². The second kappa shape index (κ2) is 5.85. The van der Waals surface area contributed by atoms with E-state index in [2.05, 4.69) is 12.1 Å². The van der Waals surface area contributed by atoms with Crippen LogP contribution in [0.1, 0.15) is 12.5 Å². The molecule has 4 heteroatoms. The predicted molar refractivity (Wildman–Crippen MR) is 100 cm³/mol. The Morgan fingerprint density at radius 3 is 2.36 bits per heavy atom. The third-order valence-electron chi connectivity index (χ3n) is 5.07. The van der Waals surface area contributed by atoms with Crippen molar-refractivity contribution in [3.63, 3.8) is 0 Å². The molecule has 0 amide bonds. The lowest BCUT2D eigenvalue weighted by Gasteiger charge is -2.29. The minimum Gasteiger partial charge on any atom is -0.456 e. The normalized spacial score (nSPS) is 15.7. The van der Waals surface area contributed by atoms with Gasteiger partial charge in [-0.2, -0.15) is 0 Å². The molecule has 0 aliphatic carbocycles. The molecule has 0 bridgehead atoms. The van der Waals surface area contributed by atoms with Crippen molar-refractivity contribution < 1.29 is 14.6 Å². The van der Waals surface area contributed by atoms with Crippen LogP contribution in [0.25, 0.3) is 32.7 Å². The Morgan fingerprint density at radius 1 is 1.00 bits per heavy atom. The number of fused-ring (bicyclic) bond motifs is 5. The van der Waals surface area contributed by atoms with Crippen LogP contribution in [0, 0.1) is 5.92 Å². The van der Waals surface area contributed by atoms with E-state index in [0.717, 1.165) is 38.3 Å². The lowest BCUT2D eigenvalue weighted by Crippen LogP contribution is -2.49. The van der Waals surface area contributed by atoms with Crippen LogP contribution in [-0.2, 0) is 6.42 Å². The minimum atomic E-state index is -1.49. The number of aliphatic hydroxyl groups excluding tert-OH is 1. The van der Waals surface area contributed by atoms with Gasteiger partial charge in [0.05, 0.1) is 0 Å². The lowest BCUT2D eigenvalue weighted by molar-refractivity contribution is -0.0263. The van der Waals surface area contributed by atoms with Gasteiger partial charge in [-0.1, -0.05) is 49.4 Å². The molecule has 4 aromatic rings. The number of aliphatic hydroxyl groups is 2. The van der Waals surface area contributed by atoms with Crippen LogP contribution in [0.4, 0.5) is 0 Å². The summed E-state index contributed by atoms with van der Waals surface area (Å²) in [6.45, 7) is 1.57. The van der Waals surface area contributed by atoms with E-state index in [9.17, 15) is 10.2 Å². The molecule has 4 rings (SSSR count). The molecule has 2 atom stereocenters. The van der Waals surface area contributed by atoms with Gasteiger partial charge in [0.1, 0.15) is 16.9 Å². The van der Waals surface area contributed by atoms with Gasteiger partial charge in [0.25, 0.3) is 0 Å². The third-order valence-corrected chi connectivity index (χ3v) is 5.07. The first-order chi connectivity index (χ1) is 12.0. The van der Waals surface area contributed by atoms with Crippen LogP contribution in [0.15, 0.2) is 59.0 Å². The van der Waals surface area contributed by atoms with Gasteiger partial charge in [-0.05, 0) is 28.5 Å². The number of hydrogen-bond acceptors (Lipinski definition) is 4. The van der Waals surface area contributed by atoms with E-state index in [4.69, 9.17) is 10.2 Å². The van der Waals surface area contributed by atoms with Gasteiger partial charge in [-0.25, -0.2) is 0 Å². The van der Waals surface area contributed by atoms with Crippen molar-refractivity contribution in [3.05, 3.63) is 60.2 Å². The predicted octanol–water partition coefficient (Wildman–Crippen LogP) is 3.56. The third kappa shape index (κ3) is 2.59. The van der Waals surface area contributed by atoms with Crippen molar-refractivity contribution >= 4 is 32.7 Å². The van der Waals surface area contributed by atoms with Crippen LogP contribution in [-0.4, -0.2) is 22.5 Å². The first-order valence-electron chi connectivity index (χ1n) is 8.45. The van der Waals surface area contributed by atoms with E-state index >= 15 is 0 Å². The number of benzene rings is 3. The van der Waals surface area contributed by atoms with Gasteiger partial charge < -0.3 is 20.4 Å². The Balaban J connectivity index is 2.00. The maximum atomic E-state index is 10.6. The summed E-state index contributed by atoms with van der Waals surface area (Å²) in [5.41, 5.74) is 7.12. The molecule has 0 spiro atoms. The molecule has 25 heavy (non-hydrogen) atoms. The highest BCUT2D eigenvalue weighted by molar-refractivity contribution is 6.19. The maximum absolute atomic E-state index is 10.6. The van der Waals surface area contributed by atoms with Crippen molar-refractivity contribution in [2.24, 2.45) is 11.7 Å². The van der Waals surface area contributed by atoms with E-state index in [1.165, 1.54) is 0 Å². The van der Waals surface area contributed by atoms with Gasteiger partial charge in [0.15, 0.2) is 0 Å². The molecule has 2 unspecified atom stereocenters. The fourth-order valence-corrected chi connectivity index (χ4v) is 3.44. The largest absolute Gasteiger partial charge is 0.456 e. The highest BCUT2D eigenvalue weighted by Crippen LogP contribution is 2.37. The van der Waals surface area contributed by atoms with E-state index in [-0.39, 0.29) is 13.0 Å². The number of hydrogen-bond donors (Lipinski definition) is 3. The smallest absolute Gasteiger partial charge is 0.136 e. The van der Waals surface area contributed by atoms with E-state index < -0.39 is 11.6 Å². The zero-order chi connectivity index (χ0) is 17.6. The van der Waals surface area contributed by atoms with Crippen molar-refractivity contribution in [1.29, 1.82) is 0 Å². The first kappa shape index (κ1) is 16.1. The van der Waals surface area contributed by atoms with Crippen molar-refractivity contribution in [1.82, 2.24) is 0 Å². The summed E-state index contributed by atoms with van der Waals surface area (Å²) >= 11 is 0. The summed E-state index contributed by atoms with van der Waals surface area (Å²) in [4.78, 5) is 0. The Labute approximate surface area is 145 Å². The summed E-state index contributed by atoms with van der Waals surface area (Å²) in [6, 6.07) is 18.0. The minimum absolute atomic E-state index is 0.169. The highest BCUT2D eigenvalue weighted by atomic mass is 16.3. The quantitative estimate of drug-likeness (QED) is 0.498. The van der Waals surface area contributed by atoms with E-state index in [0.29, 0.717) is 0 Å². The molecule has 0 saturated carbocycles. The summed E-state index contributed by atoms with van der Waals surface area (Å²) < 4.78 is 6.03. The zero-order valence-corrected chi connectivity index (χ0v) is 14.1. The molecule has 0 fully saturated rings. The Bertz CT molecular complexity index is 1060. The summed E-state index contributed by atoms with van der Waals surface area (Å²) in [5.74, 6) is -0.433. The lowest BCUT2D eigenvalue weighted by atomic mass is 9.89. The molecule has 0 aliphatic rings. The molecule has 1 heterocycles. The van der Waals surface area contributed by atoms with Crippen LogP contribution in [0.3, 0.4) is 0 Å². The van der Waals surface area contributed by atoms with Crippen LogP contribution in [0.2, 0.25) is 0 Å². The topological polar surface area (TPSA) is 79.6 Å². The van der Waals surface area contributed by atoms with Crippen LogP contribution >= 0.6 is 0 Å². The molecule has 0 saturated heterocycles. The fourth-order valence-electron chi connectivity index (χ4n) is 3.44. The van der Waals surface area contributed by atoms with Gasteiger partial charge in [-0.15, -0.1) is 0 Å². The van der Waals surface area contributed by atoms with Crippen molar-refractivity contribution in [2.75, 3.05) is 6.61 Å². The standard InChI is InChI=1S/C21H21NO3/c1-13(12-23)21(22,24)11-14-10-19-20(16-7-3-2-6-15(14)16)17-8-4-5-9-18(17)25-19/h2-10,13,23-24H,11-12,22H2,1H3. The van der Waals surface area contributed by atoms with Gasteiger partial charge in [0, 0.05) is 29.7 Å². The molecule has 3 aromatic carbocycles. The molecular weight excluding hydrogens is 314 g/mol. The second-order valence-electron chi connectivity index (χ2n) is 6.80. The molecule has 1 aromatic heterocycles. The van der Waals surface area contributed by atoms with Gasteiger partial charge in [-0.3, -0.25) is 0 Å². The Morgan fingerprint density at radius 2 is 1.64 bits per heavy atom. The first-order valence-corrected chi connectivity index (χ1v) is 8.45. The second-order valence-corrected chi connectivity index (χ2v) is 6.80. The van der Waals surface area contributed by atoms with Crippen molar-refractivity contribution in [3.8, 4) is 0 Å². The van der Waals surface area contributed by atoms with Gasteiger partial charge >= 0.3 is 0 Å². The molecule has 4 N–H and O–H groups in total. The molecule has 128 valence electrons. The van der Waals surface area contributed by atoms with Crippen LogP contribution < -0.4 is 5.73 Å². The summed E-state index contributed by atoms with van der Waals surface area (Å²) in [6.07, 6.45) is 0.238. The Kier molecular flexibility index (Phi) is 3.76. The number of furan rings is 1. The summed E-state index contributed by atoms with van der Waals surface area (Å²) in [5, 5.41) is 24.2. The molecule has 0 radical (unpaired) electrons. The fraction of sp³-hybridized carbons (Fsp3) is 0.238. The average Bonchev–Trinajstić information content (AvgIpc) is 2.99. The number of para-hydroxylation sites is 1. The summed E-state index contributed by atoms with van der Waals surface area (Å²) in [7, 11) is 0. The van der Waals surface area contributed by atoms with Gasteiger partial charge in [0.2, 0.25) is 0 Å². The average molecular weight is 335 g/mol.